The third kappa shape index (κ3) is 10.5. The highest BCUT2D eigenvalue weighted by Gasteiger charge is 2.21. The number of carbonyl (C=O) groups excluding carboxylic acids is 4. The molecule has 1 aromatic carbocycles. The van der Waals surface area contributed by atoms with Gasteiger partial charge in [0.05, 0.1) is 19.5 Å². The van der Waals surface area contributed by atoms with Crippen molar-refractivity contribution in [2.75, 3.05) is 19.6 Å². The van der Waals surface area contributed by atoms with Crippen molar-refractivity contribution in [2.24, 2.45) is 0 Å². The predicted octanol–water partition coefficient (Wildman–Crippen LogP) is -1.05. The number of likely N-dealkylation sites (N-methyl/N-ethyl adjacent to an activating group) is 1. The highest BCUT2D eigenvalue weighted by Crippen LogP contribution is 2.03. The highest BCUT2D eigenvalue weighted by atomic mass is 16.4. The summed E-state index contributed by atoms with van der Waals surface area (Å²) in [7, 11) is 0. The number of rotatable bonds is 12. The Balaban J connectivity index is 2.45. The molecule has 10 heteroatoms. The van der Waals surface area contributed by atoms with Gasteiger partial charge in [0.15, 0.2) is 0 Å². The van der Waals surface area contributed by atoms with Gasteiger partial charge in [-0.15, -0.1) is 0 Å². The first-order valence-electron chi connectivity index (χ1n) is 9.18. The van der Waals surface area contributed by atoms with Gasteiger partial charge in [0.2, 0.25) is 23.6 Å². The number of amides is 4. The molecular weight excluding hydrogens is 380 g/mol. The maximum atomic E-state index is 12.2. The predicted molar refractivity (Wildman–Crippen MR) is 104 cm³/mol. The lowest BCUT2D eigenvalue weighted by molar-refractivity contribution is -0.138. The van der Waals surface area contributed by atoms with Crippen molar-refractivity contribution in [2.45, 2.75) is 32.2 Å². The Morgan fingerprint density at radius 1 is 0.862 bits per heavy atom. The molecule has 1 aromatic rings. The molecule has 0 spiro atoms. The van der Waals surface area contributed by atoms with Crippen LogP contribution >= 0.6 is 0 Å². The summed E-state index contributed by atoms with van der Waals surface area (Å²) in [6, 6.07) is 8.39. The van der Waals surface area contributed by atoms with Crippen LogP contribution in [0.4, 0.5) is 0 Å². The van der Waals surface area contributed by atoms with Crippen LogP contribution in [0.15, 0.2) is 30.3 Å². The largest absolute Gasteiger partial charge is 0.481 e. The molecule has 5 N–H and O–H groups in total. The van der Waals surface area contributed by atoms with Crippen LogP contribution in [0.25, 0.3) is 0 Å². The molecule has 0 aliphatic carbocycles. The third-order valence-electron chi connectivity index (χ3n) is 3.74. The van der Waals surface area contributed by atoms with E-state index >= 15 is 0 Å². The lowest BCUT2D eigenvalue weighted by Gasteiger charge is -2.18. The summed E-state index contributed by atoms with van der Waals surface area (Å²) >= 11 is 0. The van der Waals surface area contributed by atoms with Gasteiger partial charge in [0, 0.05) is 19.4 Å². The van der Waals surface area contributed by atoms with Crippen LogP contribution < -0.4 is 21.3 Å². The fourth-order valence-electron chi connectivity index (χ4n) is 2.33. The van der Waals surface area contributed by atoms with E-state index < -0.39 is 29.7 Å². The van der Waals surface area contributed by atoms with E-state index in [1.807, 2.05) is 30.3 Å². The molecule has 0 aromatic heterocycles. The molecule has 4 amide bonds. The second kappa shape index (κ2) is 12.9. The summed E-state index contributed by atoms with van der Waals surface area (Å²) < 4.78 is 0. The normalized spacial score (nSPS) is 11.1. The van der Waals surface area contributed by atoms with E-state index in [-0.39, 0.29) is 31.8 Å². The zero-order chi connectivity index (χ0) is 21.6. The van der Waals surface area contributed by atoms with Crippen molar-refractivity contribution in [3.05, 3.63) is 35.9 Å². The monoisotopic (exact) mass is 406 g/mol. The van der Waals surface area contributed by atoms with Gasteiger partial charge in [-0.05, 0) is 12.5 Å². The van der Waals surface area contributed by atoms with Crippen molar-refractivity contribution >= 4 is 29.6 Å². The van der Waals surface area contributed by atoms with Gasteiger partial charge in [0.25, 0.3) is 0 Å². The Labute approximate surface area is 168 Å². The molecule has 1 atom stereocenters. The summed E-state index contributed by atoms with van der Waals surface area (Å²) in [5.74, 6) is -3.18. The van der Waals surface area contributed by atoms with Crippen molar-refractivity contribution < 1.29 is 29.1 Å². The Bertz CT molecular complexity index is 723. The highest BCUT2D eigenvalue weighted by molar-refractivity contribution is 5.91. The number of nitrogens with one attached hydrogen (secondary N) is 4. The topological polar surface area (TPSA) is 154 Å². The van der Waals surface area contributed by atoms with Gasteiger partial charge in [0.1, 0.15) is 6.04 Å². The second-order valence-electron chi connectivity index (χ2n) is 6.15. The van der Waals surface area contributed by atoms with Gasteiger partial charge >= 0.3 is 5.97 Å². The van der Waals surface area contributed by atoms with Crippen LogP contribution in [0.2, 0.25) is 0 Å². The quantitative estimate of drug-likeness (QED) is 0.298. The Hall–Kier alpha value is -3.43. The average molecular weight is 406 g/mol. The van der Waals surface area contributed by atoms with Crippen LogP contribution in [-0.2, 0) is 30.4 Å². The minimum atomic E-state index is -1.11. The van der Waals surface area contributed by atoms with Gasteiger partial charge in [-0.3, -0.25) is 24.0 Å². The van der Waals surface area contributed by atoms with E-state index in [2.05, 4.69) is 21.3 Å². The summed E-state index contributed by atoms with van der Waals surface area (Å²) in [4.78, 5) is 57.8. The first-order valence-corrected chi connectivity index (χ1v) is 9.18. The molecular formula is C19H26N4O6. The third-order valence-corrected chi connectivity index (χ3v) is 3.74. The fourth-order valence-corrected chi connectivity index (χ4v) is 2.33. The maximum Gasteiger partial charge on any atom is 0.303 e. The Morgan fingerprint density at radius 2 is 1.48 bits per heavy atom. The minimum Gasteiger partial charge on any atom is -0.481 e. The van der Waals surface area contributed by atoms with Gasteiger partial charge in [-0.1, -0.05) is 30.3 Å². The molecule has 0 radical (unpaired) electrons. The summed E-state index contributed by atoms with van der Waals surface area (Å²) in [5, 5.41) is 18.3. The zero-order valence-electron chi connectivity index (χ0n) is 16.2. The fraction of sp³-hybridized carbons (Fsp3) is 0.421. The first-order chi connectivity index (χ1) is 13.8. The zero-order valence-corrected chi connectivity index (χ0v) is 16.2. The molecule has 0 heterocycles. The second-order valence-corrected chi connectivity index (χ2v) is 6.15. The number of carboxylic acid groups (broad SMARTS) is 1. The molecule has 0 aliphatic heterocycles. The smallest absolute Gasteiger partial charge is 0.303 e. The number of hydrogen-bond donors (Lipinski definition) is 5. The van der Waals surface area contributed by atoms with Crippen LogP contribution in [-0.4, -0.2) is 60.4 Å². The summed E-state index contributed by atoms with van der Waals surface area (Å²) in [6.07, 6.45) is -0.277. The van der Waals surface area contributed by atoms with E-state index in [0.29, 0.717) is 13.0 Å². The molecule has 0 saturated heterocycles. The van der Waals surface area contributed by atoms with Crippen molar-refractivity contribution in [1.29, 1.82) is 0 Å². The molecule has 29 heavy (non-hydrogen) atoms. The van der Waals surface area contributed by atoms with Crippen molar-refractivity contribution in [3.63, 3.8) is 0 Å². The Morgan fingerprint density at radius 3 is 2.10 bits per heavy atom. The van der Waals surface area contributed by atoms with Gasteiger partial charge in [-0.2, -0.15) is 0 Å². The molecule has 158 valence electrons. The Kier molecular flexibility index (Phi) is 10.5. The van der Waals surface area contributed by atoms with Crippen LogP contribution in [0.3, 0.4) is 0 Å². The molecule has 0 aliphatic rings. The molecule has 0 fully saturated rings. The minimum absolute atomic E-state index is 0.239. The lowest BCUT2D eigenvalue weighted by atomic mass is 10.1. The summed E-state index contributed by atoms with van der Waals surface area (Å²) in [5.41, 5.74) is 0.872. The van der Waals surface area contributed by atoms with Gasteiger partial charge < -0.3 is 26.4 Å². The lowest BCUT2D eigenvalue weighted by Crippen LogP contribution is -2.51. The van der Waals surface area contributed by atoms with E-state index in [1.165, 1.54) is 0 Å². The van der Waals surface area contributed by atoms with E-state index in [4.69, 9.17) is 5.11 Å². The van der Waals surface area contributed by atoms with E-state index in [9.17, 15) is 24.0 Å². The van der Waals surface area contributed by atoms with Crippen molar-refractivity contribution in [3.8, 4) is 0 Å². The molecule has 10 nitrogen and oxygen atoms in total. The molecule has 0 unspecified atom stereocenters. The SMILES string of the molecule is CCNC(=O)[C@H](Cc1ccccc1)NC(=O)CNC(=O)CNC(=O)CCC(=O)O. The number of aliphatic carboxylic acids is 1. The average Bonchev–Trinajstić information content (AvgIpc) is 2.69. The number of carboxylic acids is 1. The standard InChI is InChI=1S/C19H26N4O6/c1-2-20-19(29)14(10-13-6-4-3-5-7-13)23-17(26)12-22-16(25)11-21-15(24)8-9-18(27)28/h3-7,14H,2,8-12H2,1H3,(H,20,29)(H,21,24)(H,22,25)(H,23,26)(H,27,28)/t14-/m0/s1. The van der Waals surface area contributed by atoms with E-state index in [0.717, 1.165) is 5.56 Å². The van der Waals surface area contributed by atoms with Crippen LogP contribution in [0.1, 0.15) is 25.3 Å². The number of carbonyl (C=O) groups is 5. The first kappa shape index (κ1) is 23.6. The van der Waals surface area contributed by atoms with E-state index in [1.54, 1.807) is 6.92 Å². The molecule has 0 bridgehead atoms. The van der Waals surface area contributed by atoms with Crippen LogP contribution in [0.5, 0.6) is 0 Å². The molecule has 0 saturated carbocycles. The maximum absolute atomic E-state index is 12.2. The van der Waals surface area contributed by atoms with Crippen LogP contribution in [0, 0.1) is 0 Å². The number of hydrogen-bond acceptors (Lipinski definition) is 5. The molecule has 1 rings (SSSR count). The van der Waals surface area contributed by atoms with Gasteiger partial charge in [-0.25, -0.2) is 0 Å². The summed E-state index contributed by atoms with van der Waals surface area (Å²) in [6.45, 7) is 1.44. The number of benzene rings is 1. The van der Waals surface area contributed by atoms with Crippen molar-refractivity contribution in [1.82, 2.24) is 21.3 Å².